The summed E-state index contributed by atoms with van der Waals surface area (Å²) in [5.74, 6) is 0.687. The molecule has 23 heavy (non-hydrogen) atoms. The van der Waals surface area contributed by atoms with E-state index >= 15 is 0 Å². The zero-order valence-corrected chi connectivity index (χ0v) is 14.8. The number of hydrogen-bond acceptors (Lipinski definition) is 4. The Morgan fingerprint density at radius 1 is 1.39 bits per heavy atom. The number of carbonyl (C=O) groups is 1. The Labute approximate surface area is 142 Å². The van der Waals surface area contributed by atoms with Crippen molar-refractivity contribution in [2.75, 3.05) is 18.4 Å². The SMILES string of the molecule is C[C@H]1CCc2c(sc(NC(=O)CN3CCCC[C@H]3C)c2C#N)C1. The van der Waals surface area contributed by atoms with Crippen molar-refractivity contribution in [3.8, 4) is 6.07 Å². The van der Waals surface area contributed by atoms with Crippen LogP contribution in [-0.2, 0) is 17.6 Å². The minimum atomic E-state index is 0.0156. The van der Waals surface area contributed by atoms with Crippen molar-refractivity contribution in [3.63, 3.8) is 0 Å². The Morgan fingerprint density at radius 3 is 2.96 bits per heavy atom. The number of anilines is 1. The zero-order valence-electron chi connectivity index (χ0n) is 14.0. The molecule has 0 aromatic carbocycles. The number of fused-ring (bicyclic) bond motifs is 1. The highest BCUT2D eigenvalue weighted by molar-refractivity contribution is 7.16. The van der Waals surface area contributed by atoms with E-state index in [9.17, 15) is 10.1 Å². The molecule has 0 unspecified atom stereocenters. The number of piperidine rings is 1. The lowest BCUT2D eigenvalue weighted by Crippen LogP contribution is -2.42. The van der Waals surface area contributed by atoms with Crippen molar-refractivity contribution < 1.29 is 4.79 Å². The summed E-state index contributed by atoms with van der Waals surface area (Å²) < 4.78 is 0. The smallest absolute Gasteiger partial charge is 0.239 e. The van der Waals surface area contributed by atoms with Crippen molar-refractivity contribution in [1.29, 1.82) is 5.26 Å². The molecule has 1 aromatic heterocycles. The van der Waals surface area contributed by atoms with Gasteiger partial charge in [-0.15, -0.1) is 11.3 Å². The van der Waals surface area contributed by atoms with E-state index in [1.165, 1.54) is 29.7 Å². The van der Waals surface area contributed by atoms with Crippen LogP contribution >= 0.6 is 11.3 Å². The molecule has 1 aromatic rings. The second kappa shape index (κ2) is 7.02. The van der Waals surface area contributed by atoms with Crippen LogP contribution in [0.2, 0.25) is 0 Å². The first kappa shape index (κ1) is 16.5. The summed E-state index contributed by atoms with van der Waals surface area (Å²) >= 11 is 1.61. The van der Waals surface area contributed by atoms with Crippen LogP contribution in [0.5, 0.6) is 0 Å². The summed E-state index contributed by atoms with van der Waals surface area (Å²) in [6, 6.07) is 2.79. The van der Waals surface area contributed by atoms with Gasteiger partial charge < -0.3 is 5.32 Å². The number of thiophene rings is 1. The summed E-state index contributed by atoms with van der Waals surface area (Å²) in [6.07, 6.45) is 6.74. The van der Waals surface area contributed by atoms with Gasteiger partial charge in [-0.3, -0.25) is 9.69 Å². The number of hydrogen-bond donors (Lipinski definition) is 1. The number of nitriles is 1. The highest BCUT2D eigenvalue weighted by atomic mass is 32.1. The van der Waals surface area contributed by atoms with E-state index < -0.39 is 0 Å². The first-order chi connectivity index (χ1) is 11.1. The van der Waals surface area contributed by atoms with E-state index in [0.717, 1.165) is 30.8 Å². The topological polar surface area (TPSA) is 56.1 Å². The van der Waals surface area contributed by atoms with Gasteiger partial charge in [-0.2, -0.15) is 5.26 Å². The van der Waals surface area contributed by atoms with Crippen LogP contribution in [0.4, 0.5) is 5.00 Å². The van der Waals surface area contributed by atoms with Gasteiger partial charge in [0.15, 0.2) is 0 Å². The molecule has 0 radical (unpaired) electrons. The van der Waals surface area contributed by atoms with Crippen LogP contribution in [-0.4, -0.2) is 29.9 Å². The molecule has 2 aliphatic rings. The quantitative estimate of drug-likeness (QED) is 0.921. The minimum Gasteiger partial charge on any atom is -0.315 e. The van der Waals surface area contributed by atoms with Crippen LogP contribution in [0.3, 0.4) is 0 Å². The van der Waals surface area contributed by atoms with Crippen molar-refractivity contribution in [1.82, 2.24) is 4.90 Å². The second-order valence-electron chi connectivity index (χ2n) is 7.03. The summed E-state index contributed by atoms with van der Waals surface area (Å²) in [5, 5.41) is 13.3. The lowest BCUT2D eigenvalue weighted by molar-refractivity contribution is -0.118. The van der Waals surface area contributed by atoms with Crippen molar-refractivity contribution in [2.45, 2.75) is 58.4 Å². The zero-order chi connectivity index (χ0) is 16.4. The maximum atomic E-state index is 12.4. The first-order valence-electron chi connectivity index (χ1n) is 8.67. The average molecular weight is 331 g/mol. The number of nitrogens with zero attached hydrogens (tertiary/aromatic N) is 2. The third-order valence-electron chi connectivity index (χ3n) is 5.16. The monoisotopic (exact) mass is 331 g/mol. The van der Waals surface area contributed by atoms with Crippen molar-refractivity contribution in [2.24, 2.45) is 5.92 Å². The van der Waals surface area contributed by atoms with Crippen LogP contribution in [0.15, 0.2) is 0 Å². The lowest BCUT2D eigenvalue weighted by atomic mass is 9.89. The molecule has 4 nitrogen and oxygen atoms in total. The van der Waals surface area contributed by atoms with E-state index in [1.807, 2.05) is 0 Å². The highest BCUT2D eigenvalue weighted by Crippen LogP contribution is 2.39. The maximum absolute atomic E-state index is 12.4. The van der Waals surface area contributed by atoms with E-state index in [4.69, 9.17) is 0 Å². The second-order valence-corrected chi connectivity index (χ2v) is 8.14. The largest absolute Gasteiger partial charge is 0.315 e. The van der Waals surface area contributed by atoms with Gasteiger partial charge in [0.05, 0.1) is 12.1 Å². The van der Waals surface area contributed by atoms with E-state index in [1.54, 1.807) is 11.3 Å². The average Bonchev–Trinajstić information content (AvgIpc) is 2.85. The summed E-state index contributed by atoms with van der Waals surface area (Å²) in [4.78, 5) is 16.0. The fraction of sp³-hybridized carbons (Fsp3) is 0.667. The molecule has 0 saturated carbocycles. The van der Waals surface area contributed by atoms with Crippen LogP contribution in [0.25, 0.3) is 0 Å². The molecule has 1 N–H and O–H groups in total. The Bertz CT molecular complexity index is 631. The summed E-state index contributed by atoms with van der Waals surface area (Å²) in [5.41, 5.74) is 1.88. The van der Waals surface area contributed by atoms with Gasteiger partial charge in [0, 0.05) is 10.9 Å². The first-order valence-corrected chi connectivity index (χ1v) is 9.48. The van der Waals surface area contributed by atoms with Crippen molar-refractivity contribution >= 4 is 22.2 Å². The fourth-order valence-corrected chi connectivity index (χ4v) is 5.08. The highest BCUT2D eigenvalue weighted by Gasteiger charge is 2.26. The van der Waals surface area contributed by atoms with Gasteiger partial charge in [-0.05, 0) is 57.1 Å². The standard InChI is InChI=1S/C18H25N3OS/c1-12-6-7-14-15(10-19)18(23-16(14)9-12)20-17(22)11-21-8-4-3-5-13(21)2/h12-13H,3-9,11H2,1-2H3,(H,20,22)/t12-,13+/m0/s1. The number of carbonyl (C=O) groups excluding carboxylic acids is 1. The van der Waals surface area contributed by atoms with Gasteiger partial charge >= 0.3 is 0 Å². The lowest BCUT2D eigenvalue weighted by Gasteiger charge is -2.32. The predicted molar refractivity (Wildman–Crippen MR) is 93.7 cm³/mol. The van der Waals surface area contributed by atoms with Crippen LogP contribution in [0, 0.1) is 17.2 Å². The van der Waals surface area contributed by atoms with E-state index in [-0.39, 0.29) is 5.91 Å². The number of nitrogens with one attached hydrogen (secondary N) is 1. The third kappa shape index (κ3) is 3.59. The summed E-state index contributed by atoms with van der Waals surface area (Å²) in [7, 11) is 0. The molecule has 5 heteroatoms. The molecule has 0 spiro atoms. The molecule has 3 rings (SSSR count). The molecular formula is C18H25N3OS. The third-order valence-corrected chi connectivity index (χ3v) is 6.33. The van der Waals surface area contributed by atoms with Gasteiger partial charge in [0.1, 0.15) is 11.1 Å². The van der Waals surface area contributed by atoms with Crippen molar-refractivity contribution in [3.05, 3.63) is 16.0 Å². The Balaban J connectivity index is 1.70. The number of likely N-dealkylation sites (tertiary alicyclic amines) is 1. The number of rotatable bonds is 3. The van der Waals surface area contributed by atoms with Gasteiger partial charge in [-0.1, -0.05) is 13.3 Å². The molecule has 124 valence electrons. The van der Waals surface area contributed by atoms with Gasteiger partial charge in [0.2, 0.25) is 5.91 Å². The van der Waals surface area contributed by atoms with E-state index in [0.29, 0.717) is 24.1 Å². The Hall–Kier alpha value is -1.38. The predicted octanol–water partition coefficient (Wildman–Crippen LogP) is 3.56. The molecule has 1 aliphatic carbocycles. The Kier molecular flexibility index (Phi) is 5.03. The molecule has 0 bridgehead atoms. The molecule has 1 fully saturated rings. The Morgan fingerprint density at radius 2 is 2.22 bits per heavy atom. The van der Waals surface area contributed by atoms with Gasteiger partial charge in [-0.25, -0.2) is 0 Å². The molecule has 1 aliphatic heterocycles. The molecule has 2 atom stereocenters. The normalized spacial score (nSPS) is 24.7. The van der Waals surface area contributed by atoms with Gasteiger partial charge in [0.25, 0.3) is 0 Å². The molecule has 2 heterocycles. The fourth-order valence-electron chi connectivity index (χ4n) is 3.70. The van der Waals surface area contributed by atoms with Crippen LogP contribution in [0.1, 0.15) is 55.5 Å². The molecule has 1 saturated heterocycles. The minimum absolute atomic E-state index is 0.0156. The molecule has 1 amide bonds. The number of amides is 1. The van der Waals surface area contributed by atoms with E-state index in [2.05, 4.69) is 30.1 Å². The summed E-state index contributed by atoms with van der Waals surface area (Å²) in [6.45, 7) is 5.88. The molecular weight excluding hydrogens is 306 g/mol. The van der Waals surface area contributed by atoms with Crippen LogP contribution < -0.4 is 5.32 Å². The maximum Gasteiger partial charge on any atom is 0.239 e.